The summed E-state index contributed by atoms with van der Waals surface area (Å²) in [5, 5.41) is 12.6. The van der Waals surface area contributed by atoms with Crippen molar-refractivity contribution in [2.24, 2.45) is 4.99 Å². The van der Waals surface area contributed by atoms with Gasteiger partial charge in [-0.3, -0.25) is 4.90 Å². The molecule has 158 valence electrons. The molecule has 1 saturated heterocycles. The molecule has 1 aliphatic rings. The van der Waals surface area contributed by atoms with Crippen molar-refractivity contribution in [3.63, 3.8) is 0 Å². The van der Waals surface area contributed by atoms with E-state index in [1.165, 1.54) is 0 Å². The van der Waals surface area contributed by atoms with Crippen LogP contribution in [0.15, 0.2) is 58.5 Å². The number of halogens is 1. The maximum Gasteiger partial charge on any atom is 0.194 e. The summed E-state index contributed by atoms with van der Waals surface area (Å²) in [5.41, 5.74) is 3.01. The Balaban J connectivity index is 1.35. The summed E-state index contributed by atoms with van der Waals surface area (Å²) < 4.78 is 6.77. The molecule has 2 aromatic heterocycles. The Morgan fingerprint density at radius 3 is 2.67 bits per heavy atom. The van der Waals surface area contributed by atoms with Gasteiger partial charge in [-0.05, 0) is 31.2 Å². The van der Waals surface area contributed by atoms with Crippen LogP contribution in [0, 0.1) is 0 Å². The Bertz CT molecular complexity index is 944. The molecule has 0 aliphatic carbocycles. The van der Waals surface area contributed by atoms with Gasteiger partial charge in [0, 0.05) is 62.1 Å². The number of nitrogens with one attached hydrogen (secondary N) is 1. The van der Waals surface area contributed by atoms with Crippen molar-refractivity contribution in [3.8, 4) is 5.69 Å². The van der Waals surface area contributed by atoms with Gasteiger partial charge in [0.15, 0.2) is 5.96 Å². The highest BCUT2D eigenvalue weighted by atomic mass is 35.5. The number of hydrogen-bond donors (Lipinski definition) is 1. The molecule has 1 aliphatic heterocycles. The molecule has 0 bridgehead atoms. The van der Waals surface area contributed by atoms with Crippen molar-refractivity contribution in [2.45, 2.75) is 20.0 Å². The first-order chi connectivity index (χ1) is 14.7. The van der Waals surface area contributed by atoms with Crippen LogP contribution in [0.5, 0.6) is 0 Å². The van der Waals surface area contributed by atoms with Gasteiger partial charge in [-0.1, -0.05) is 16.8 Å². The molecule has 0 atom stereocenters. The number of benzene rings is 1. The Hall–Kier alpha value is -2.84. The van der Waals surface area contributed by atoms with Crippen LogP contribution in [-0.2, 0) is 13.1 Å². The molecule has 3 heterocycles. The van der Waals surface area contributed by atoms with E-state index in [4.69, 9.17) is 21.1 Å². The average molecular weight is 428 g/mol. The Labute approximate surface area is 181 Å². The van der Waals surface area contributed by atoms with Crippen molar-refractivity contribution in [1.29, 1.82) is 0 Å². The summed E-state index contributed by atoms with van der Waals surface area (Å²) in [6.07, 6.45) is 5.49. The average Bonchev–Trinajstić information content (AvgIpc) is 3.45. The van der Waals surface area contributed by atoms with Gasteiger partial charge in [0.25, 0.3) is 0 Å². The number of guanidine groups is 1. The van der Waals surface area contributed by atoms with Crippen molar-refractivity contribution < 1.29 is 4.52 Å². The molecule has 3 aromatic rings. The predicted molar refractivity (Wildman–Crippen MR) is 117 cm³/mol. The smallest absolute Gasteiger partial charge is 0.194 e. The molecule has 0 saturated carbocycles. The lowest BCUT2D eigenvalue weighted by Crippen LogP contribution is -2.52. The quantitative estimate of drug-likeness (QED) is 0.481. The standard InChI is InChI=1S/C21H26ClN7O/c1-2-23-21(28-10-8-27(9-11-28)16-19-7-12-30-26-19)24-13-17-14-25-29(15-17)20-5-3-18(22)4-6-20/h3-7,12,14-15H,2,8-11,13,16H2,1H3,(H,23,24). The number of piperazine rings is 1. The fourth-order valence-electron chi connectivity index (χ4n) is 3.43. The summed E-state index contributed by atoms with van der Waals surface area (Å²) in [4.78, 5) is 9.54. The maximum absolute atomic E-state index is 5.97. The number of aliphatic imine (C=N–C) groups is 1. The highest BCUT2D eigenvalue weighted by Crippen LogP contribution is 2.14. The van der Waals surface area contributed by atoms with Crippen molar-refractivity contribution in [2.75, 3.05) is 32.7 Å². The first kappa shape index (κ1) is 20.4. The second-order valence-electron chi connectivity index (χ2n) is 7.19. The summed E-state index contributed by atoms with van der Waals surface area (Å²) >= 11 is 5.97. The van der Waals surface area contributed by atoms with Crippen LogP contribution >= 0.6 is 11.6 Å². The van der Waals surface area contributed by atoms with Gasteiger partial charge in [0.2, 0.25) is 0 Å². The number of rotatable bonds is 6. The first-order valence-electron chi connectivity index (χ1n) is 10.2. The van der Waals surface area contributed by atoms with Crippen LogP contribution < -0.4 is 5.32 Å². The van der Waals surface area contributed by atoms with E-state index in [0.717, 1.165) is 62.2 Å². The first-order valence-corrected chi connectivity index (χ1v) is 10.5. The van der Waals surface area contributed by atoms with Gasteiger partial charge in [-0.2, -0.15) is 5.10 Å². The Morgan fingerprint density at radius 2 is 1.97 bits per heavy atom. The SMILES string of the molecule is CCNC(=NCc1cnn(-c2ccc(Cl)cc2)c1)N1CCN(Cc2ccon2)CC1. The third-order valence-corrected chi connectivity index (χ3v) is 5.27. The van der Waals surface area contributed by atoms with E-state index in [1.807, 2.05) is 47.4 Å². The third-order valence-electron chi connectivity index (χ3n) is 5.02. The summed E-state index contributed by atoms with van der Waals surface area (Å²) in [5.74, 6) is 0.942. The lowest BCUT2D eigenvalue weighted by atomic mass is 10.3. The van der Waals surface area contributed by atoms with Gasteiger partial charge in [0.05, 0.1) is 24.1 Å². The number of nitrogens with zero attached hydrogens (tertiary/aromatic N) is 6. The zero-order valence-electron chi connectivity index (χ0n) is 17.0. The summed E-state index contributed by atoms with van der Waals surface area (Å²) in [7, 11) is 0. The van der Waals surface area contributed by atoms with Crippen LogP contribution in [0.3, 0.4) is 0 Å². The fraction of sp³-hybridized carbons (Fsp3) is 0.381. The molecular formula is C21H26ClN7O. The van der Waals surface area contributed by atoms with Crippen molar-refractivity contribution in [3.05, 3.63) is 65.3 Å². The van der Waals surface area contributed by atoms with Gasteiger partial charge >= 0.3 is 0 Å². The van der Waals surface area contributed by atoms with Crippen molar-refractivity contribution >= 4 is 17.6 Å². The minimum Gasteiger partial charge on any atom is -0.364 e. The van der Waals surface area contributed by atoms with E-state index < -0.39 is 0 Å². The zero-order valence-corrected chi connectivity index (χ0v) is 17.8. The number of hydrogen-bond acceptors (Lipinski definition) is 5. The van der Waals surface area contributed by atoms with Gasteiger partial charge in [0.1, 0.15) is 6.26 Å². The molecule has 1 fully saturated rings. The molecular weight excluding hydrogens is 402 g/mol. The highest BCUT2D eigenvalue weighted by molar-refractivity contribution is 6.30. The van der Waals surface area contributed by atoms with Gasteiger partial charge in [-0.25, -0.2) is 9.67 Å². The molecule has 1 aromatic carbocycles. The second-order valence-corrected chi connectivity index (χ2v) is 7.63. The van der Waals surface area contributed by atoms with E-state index in [2.05, 4.69) is 32.3 Å². The zero-order chi connectivity index (χ0) is 20.8. The lowest BCUT2D eigenvalue weighted by Gasteiger charge is -2.36. The molecule has 1 N–H and O–H groups in total. The van der Waals surface area contributed by atoms with Gasteiger partial charge < -0.3 is 14.7 Å². The Morgan fingerprint density at radius 1 is 1.17 bits per heavy atom. The van der Waals surface area contributed by atoms with Gasteiger partial charge in [-0.15, -0.1) is 0 Å². The van der Waals surface area contributed by atoms with Crippen LogP contribution in [0.2, 0.25) is 5.02 Å². The highest BCUT2D eigenvalue weighted by Gasteiger charge is 2.20. The monoisotopic (exact) mass is 427 g/mol. The third kappa shape index (κ3) is 5.20. The fourth-order valence-corrected chi connectivity index (χ4v) is 3.56. The van der Waals surface area contributed by atoms with Crippen molar-refractivity contribution in [1.82, 2.24) is 30.1 Å². The van der Waals surface area contributed by atoms with E-state index in [1.54, 1.807) is 6.26 Å². The van der Waals surface area contributed by atoms with Crippen LogP contribution in [0.1, 0.15) is 18.2 Å². The summed E-state index contributed by atoms with van der Waals surface area (Å²) in [6.45, 7) is 8.10. The van der Waals surface area contributed by atoms with E-state index in [-0.39, 0.29) is 0 Å². The maximum atomic E-state index is 5.97. The Kier molecular flexibility index (Phi) is 6.66. The normalized spacial score (nSPS) is 15.5. The second kappa shape index (κ2) is 9.77. The van der Waals surface area contributed by atoms with E-state index in [0.29, 0.717) is 11.6 Å². The molecule has 4 rings (SSSR count). The van der Waals surface area contributed by atoms with E-state index >= 15 is 0 Å². The largest absolute Gasteiger partial charge is 0.364 e. The molecule has 0 amide bonds. The van der Waals surface area contributed by atoms with Crippen LogP contribution in [-0.4, -0.2) is 63.4 Å². The van der Waals surface area contributed by atoms with Crippen LogP contribution in [0.25, 0.3) is 5.69 Å². The number of aromatic nitrogens is 3. The van der Waals surface area contributed by atoms with E-state index in [9.17, 15) is 0 Å². The molecule has 0 unspecified atom stereocenters. The minimum absolute atomic E-state index is 0.578. The summed E-state index contributed by atoms with van der Waals surface area (Å²) in [6, 6.07) is 9.54. The topological polar surface area (TPSA) is 74.7 Å². The molecule has 0 radical (unpaired) electrons. The molecule has 8 nitrogen and oxygen atoms in total. The van der Waals surface area contributed by atoms with Crippen LogP contribution in [0.4, 0.5) is 0 Å². The predicted octanol–water partition coefficient (Wildman–Crippen LogP) is 2.80. The molecule has 0 spiro atoms. The lowest BCUT2D eigenvalue weighted by molar-refractivity contribution is 0.169. The molecule has 9 heteroatoms. The molecule has 30 heavy (non-hydrogen) atoms. The minimum atomic E-state index is 0.578.